The van der Waals surface area contributed by atoms with E-state index in [2.05, 4.69) is 14.8 Å². The molecule has 0 amide bonds. The van der Waals surface area contributed by atoms with Crippen molar-refractivity contribution in [1.82, 2.24) is 0 Å². The first kappa shape index (κ1) is 11.7. The Labute approximate surface area is 76.1 Å². The molecule has 0 saturated carbocycles. The highest BCUT2D eigenvalue weighted by Crippen LogP contribution is 2.06. The number of ether oxygens (including phenoxy) is 1. The number of azide groups is 1. The van der Waals surface area contributed by atoms with Crippen molar-refractivity contribution < 1.29 is 14.6 Å². The average Bonchev–Trinajstić information content (AvgIpc) is 2.13. The van der Waals surface area contributed by atoms with E-state index in [0.717, 1.165) is 0 Å². The van der Waals surface area contributed by atoms with Crippen LogP contribution < -0.4 is 0 Å². The summed E-state index contributed by atoms with van der Waals surface area (Å²) < 4.78 is 4.56. The Morgan fingerprint density at radius 1 is 1.69 bits per heavy atom. The van der Waals surface area contributed by atoms with Gasteiger partial charge in [0, 0.05) is 4.91 Å². The summed E-state index contributed by atoms with van der Waals surface area (Å²) >= 11 is 0. The fourth-order valence-corrected chi connectivity index (χ4v) is 0.819. The van der Waals surface area contributed by atoms with Gasteiger partial charge in [-0.25, -0.2) is 4.79 Å². The van der Waals surface area contributed by atoms with Gasteiger partial charge in [-0.15, -0.1) is 0 Å². The van der Waals surface area contributed by atoms with E-state index in [1.807, 2.05) is 0 Å². The van der Waals surface area contributed by atoms with E-state index < -0.39 is 18.1 Å². The minimum atomic E-state index is -1.36. The molecule has 1 unspecified atom stereocenters. The predicted octanol–water partition coefficient (Wildman–Crippen LogP) is 0.999. The molecule has 0 rings (SSSR count). The second kappa shape index (κ2) is 6.28. The van der Waals surface area contributed by atoms with Crippen molar-refractivity contribution in [3.8, 4) is 0 Å². The number of carbonyl (C=O) groups is 1. The van der Waals surface area contributed by atoms with Gasteiger partial charge in [-0.05, 0) is 18.9 Å². The summed E-state index contributed by atoms with van der Waals surface area (Å²) in [5.74, 6) is -0.748. The van der Waals surface area contributed by atoms with E-state index >= 15 is 0 Å². The van der Waals surface area contributed by atoms with E-state index in [0.29, 0.717) is 6.42 Å². The van der Waals surface area contributed by atoms with Crippen molar-refractivity contribution in [2.45, 2.75) is 32.4 Å². The minimum Gasteiger partial charge on any atom is -0.464 e. The maximum absolute atomic E-state index is 11.0. The molecule has 13 heavy (non-hydrogen) atoms. The van der Waals surface area contributed by atoms with Crippen LogP contribution in [0.1, 0.15) is 20.3 Å². The van der Waals surface area contributed by atoms with Crippen LogP contribution in [0.4, 0.5) is 0 Å². The lowest BCUT2D eigenvalue weighted by molar-refractivity contribution is -0.154. The monoisotopic (exact) mass is 187 g/mol. The number of aliphatic hydroxyl groups excluding tert-OH is 1. The molecule has 0 aromatic heterocycles. The van der Waals surface area contributed by atoms with Crippen molar-refractivity contribution in [3.05, 3.63) is 10.4 Å². The molecule has 0 bridgehead atoms. The van der Waals surface area contributed by atoms with Crippen molar-refractivity contribution in [2.24, 2.45) is 5.11 Å². The van der Waals surface area contributed by atoms with E-state index in [-0.39, 0.29) is 6.61 Å². The first-order chi connectivity index (χ1) is 6.17. The first-order valence-corrected chi connectivity index (χ1v) is 4.06. The maximum atomic E-state index is 11.0. The van der Waals surface area contributed by atoms with Gasteiger partial charge in [0.2, 0.25) is 0 Å². The summed E-state index contributed by atoms with van der Waals surface area (Å²) in [6.45, 7) is 3.55. The number of nitrogens with zero attached hydrogens (tertiary/aromatic N) is 3. The summed E-state index contributed by atoms with van der Waals surface area (Å²) in [6, 6.07) is -0.746. The average molecular weight is 187 g/mol. The van der Waals surface area contributed by atoms with E-state index in [1.165, 1.54) is 0 Å². The molecule has 74 valence electrons. The molecule has 0 spiro atoms. The standard InChI is InChI=1S/C7H13N3O3/c1-3-5(9-10-8)6(11)7(12)13-4-2/h5-6,11H,3-4H2,1-2H3/t5?,6-/m0/s1. The summed E-state index contributed by atoms with van der Waals surface area (Å²) in [5.41, 5.74) is 8.12. The topological polar surface area (TPSA) is 95.3 Å². The molecule has 0 aliphatic rings. The highest BCUT2D eigenvalue weighted by Gasteiger charge is 2.24. The third-order valence-electron chi connectivity index (χ3n) is 1.51. The minimum absolute atomic E-state index is 0.197. The highest BCUT2D eigenvalue weighted by molar-refractivity contribution is 5.75. The van der Waals surface area contributed by atoms with Gasteiger partial charge >= 0.3 is 5.97 Å². The van der Waals surface area contributed by atoms with Crippen LogP contribution >= 0.6 is 0 Å². The zero-order chi connectivity index (χ0) is 10.3. The van der Waals surface area contributed by atoms with Crippen LogP contribution in [0, 0.1) is 0 Å². The molecule has 0 aliphatic heterocycles. The fourth-order valence-electron chi connectivity index (χ4n) is 0.819. The lowest BCUT2D eigenvalue weighted by Gasteiger charge is -2.14. The third-order valence-corrected chi connectivity index (χ3v) is 1.51. The molecule has 6 heteroatoms. The maximum Gasteiger partial charge on any atom is 0.335 e. The van der Waals surface area contributed by atoms with Gasteiger partial charge in [0.1, 0.15) is 0 Å². The Morgan fingerprint density at radius 2 is 2.31 bits per heavy atom. The molecule has 0 heterocycles. The van der Waals surface area contributed by atoms with Gasteiger partial charge in [0.05, 0.1) is 12.6 Å². The lowest BCUT2D eigenvalue weighted by Crippen LogP contribution is -2.33. The molecule has 0 aliphatic carbocycles. The highest BCUT2D eigenvalue weighted by atomic mass is 16.5. The van der Waals surface area contributed by atoms with Crippen LogP contribution in [0.3, 0.4) is 0 Å². The number of hydrogen-bond acceptors (Lipinski definition) is 4. The SMILES string of the molecule is CCOC(=O)[C@@H](O)C(CC)N=[N+]=[N-]. The molecule has 0 aromatic rings. The normalized spacial score (nSPS) is 14.1. The molecule has 0 saturated heterocycles. The third kappa shape index (κ3) is 3.78. The smallest absolute Gasteiger partial charge is 0.335 e. The van der Waals surface area contributed by atoms with Gasteiger partial charge in [-0.1, -0.05) is 12.0 Å². The molecular formula is C7H13N3O3. The van der Waals surface area contributed by atoms with Crippen LogP contribution in [0.5, 0.6) is 0 Å². The van der Waals surface area contributed by atoms with Crippen LogP contribution in [0.25, 0.3) is 10.4 Å². The summed E-state index contributed by atoms with van der Waals surface area (Å²) in [7, 11) is 0. The van der Waals surface area contributed by atoms with Crippen molar-refractivity contribution in [3.63, 3.8) is 0 Å². The van der Waals surface area contributed by atoms with Gasteiger partial charge < -0.3 is 9.84 Å². The summed E-state index contributed by atoms with van der Waals surface area (Å²) in [5, 5.41) is 12.6. The number of aliphatic hydroxyl groups is 1. The van der Waals surface area contributed by atoms with E-state index in [9.17, 15) is 9.90 Å². The molecular weight excluding hydrogens is 174 g/mol. The van der Waals surface area contributed by atoms with Crippen LogP contribution in [-0.2, 0) is 9.53 Å². The van der Waals surface area contributed by atoms with Crippen molar-refractivity contribution >= 4 is 5.97 Å². The number of carbonyl (C=O) groups excluding carboxylic acids is 1. The largest absolute Gasteiger partial charge is 0.464 e. The van der Waals surface area contributed by atoms with E-state index in [4.69, 9.17) is 5.53 Å². The van der Waals surface area contributed by atoms with Crippen LogP contribution in [-0.4, -0.2) is 29.8 Å². The number of hydrogen-bond donors (Lipinski definition) is 1. The first-order valence-electron chi connectivity index (χ1n) is 4.06. The Bertz CT molecular complexity index is 213. The fraction of sp³-hybridized carbons (Fsp3) is 0.857. The number of rotatable bonds is 5. The second-order valence-corrected chi connectivity index (χ2v) is 2.38. The molecule has 1 N–H and O–H groups in total. The van der Waals surface area contributed by atoms with Crippen molar-refractivity contribution in [1.29, 1.82) is 0 Å². The zero-order valence-corrected chi connectivity index (χ0v) is 7.67. The Kier molecular flexibility index (Phi) is 5.67. The second-order valence-electron chi connectivity index (χ2n) is 2.38. The molecule has 6 nitrogen and oxygen atoms in total. The van der Waals surface area contributed by atoms with Gasteiger partial charge in [-0.3, -0.25) is 0 Å². The van der Waals surface area contributed by atoms with Crippen molar-refractivity contribution in [2.75, 3.05) is 6.61 Å². The molecule has 2 atom stereocenters. The van der Waals surface area contributed by atoms with Gasteiger partial charge in [0.25, 0.3) is 0 Å². The lowest BCUT2D eigenvalue weighted by atomic mass is 10.1. The van der Waals surface area contributed by atoms with Gasteiger partial charge in [-0.2, -0.15) is 0 Å². The molecule has 0 fully saturated rings. The predicted molar refractivity (Wildman–Crippen MR) is 45.9 cm³/mol. The molecule has 0 radical (unpaired) electrons. The van der Waals surface area contributed by atoms with Crippen LogP contribution in [0.15, 0.2) is 5.11 Å². The number of esters is 1. The summed E-state index contributed by atoms with van der Waals surface area (Å²) in [4.78, 5) is 13.5. The van der Waals surface area contributed by atoms with Crippen LogP contribution in [0.2, 0.25) is 0 Å². The zero-order valence-electron chi connectivity index (χ0n) is 7.67. The Hall–Kier alpha value is -1.26. The quantitative estimate of drug-likeness (QED) is 0.301. The van der Waals surface area contributed by atoms with E-state index in [1.54, 1.807) is 13.8 Å². The summed E-state index contributed by atoms with van der Waals surface area (Å²) in [6.07, 6.45) is -0.967. The Balaban J connectivity index is 4.26. The molecule has 0 aromatic carbocycles. The Morgan fingerprint density at radius 3 is 2.69 bits per heavy atom. The van der Waals surface area contributed by atoms with Gasteiger partial charge in [0.15, 0.2) is 6.10 Å².